The predicted molar refractivity (Wildman–Crippen MR) is 138 cm³/mol. The van der Waals surface area contributed by atoms with Crippen LogP contribution in [0.25, 0.3) is 11.1 Å². The number of fused-ring (bicyclic) bond motifs is 3. The molecule has 0 spiro atoms. The number of aromatic nitrogens is 1. The average Bonchev–Trinajstić information content (AvgIpc) is 3.48. The van der Waals surface area contributed by atoms with E-state index in [1.165, 1.54) is 23.1 Å². The SMILES string of the molecule is CCOC(=O)c1nc(CSCCC(NC(=O)OCC2c3ccccc3-c3ccccc32)C(=O)O)cs1. The van der Waals surface area contributed by atoms with Crippen molar-refractivity contribution in [3.8, 4) is 11.1 Å². The van der Waals surface area contributed by atoms with E-state index in [1.807, 2.05) is 36.4 Å². The number of ether oxygens (including phenoxy) is 2. The summed E-state index contributed by atoms with van der Waals surface area (Å²) < 4.78 is 10.4. The lowest BCUT2D eigenvalue weighted by atomic mass is 9.98. The van der Waals surface area contributed by atoms with Crippen LogP contribution in [0.4, 0.5) is 4.79 Å². The van der Waals surface area contributed by atoms with Gasteiger partial charge in [-0.2, -0.15) is 11.8 Å². The number of aliphatic carboxylic acids is 1. The van der Waals surface area contributed by atoms with Gasteiger partial charge in [0.05, 0.1) is 12.3 Å². The molecule has 188 valence electrons. The van der Waals surface area contributed by atoms with Gasteiger partial charge in [0.25, 0.3) is 0 Å². The zero-order valence-corrected chi connectivity index (χ0v) is 21.3. The average molecular weight is 527 g/mol. The van der Waals surface area contributed by atoms with E-state index in [-0.39, 0.29) is 25.6 Å². The highest BCUT2D eigenvalue weighted by Crippen LogP contribution is 2.44. The molecule has 8 nitrogen and oxygen atoms in total. The first-order valence-corrected chi connectivity index (χ1v) is 13.5. The van der Waals surface area contributed by atoms with Gasteiger partial charge in [-0.15, -0.1) is 11.3 Å². The Labute approximate surface area is 217 Å². The molecule has 36 heavy (non-hydrogen) atoms. The zero-order chi connectivity index (χ0) is 25.5. The van der Waals surface area contributed by atoms with Gasteiger partial charge >= 0.3 is 18.0 Å². The number of benzene rings is 2. The molecule has 1 amide bonds. The first-order chi connectivity index (χ1) is 17.5. The predicted octanol–water partition coefficient (Wildman–Crippen LogP) is 4.94. The minimum atomic E-state index is -1.12. The normalized spacial score (nSPS) is 12.9. The maximum atomic E-state index is 12.5. The Hall–Kier alpha value is -3.37. The number of alkyl carbamates (subject to hydrolysis) is 1. The fourth-order valence-corrected chi connectivity index (χ4v) is 5.80. The molecular weight excluding hydrogens is 500 g/mol. The lowest BCUT2D eigenvalue weighted by molar-refractivity contribution is -0.139. The standard InChI is InChI=1S/C26H26N2O6S2/c1-2-33-25(31)23-27-16(15-36-23)14-35-12-11-22(24(29)30)28-26(32)34-13-21-19-9-5-3-7-17(19)18-8-4-6-10-20(18)21/h3-10,15,21-22H,2,11-14H2,1H3,(H,28,32)(H,29,30). The lowest BCUT2D eigenvalue weighted by Gasteiger charge is -2.17. The second kappa shape index (κ2) is 12.0. The number of nitrogens with zero attached hydrogens (tertiary/aromatic N) is 1. The number of hydrogen-bond acceptors (Lipinski definition) is 8. The van der Waals surface area contributed by atoms with E-state index >= 15 is 0 Å². The molecule has 0 aliphatic heterocycles. The molecule has 2 N–H and O–H groups in total. The van der Waals surface area contributed by atoms with Gasteiger partial charge in [-0.05, 0) is 41.4 Å². The monoisotopic (exact) mass is 526 g/mol. The van der Waals surface area contributed by atoms with Crippen molar-refractivity contribution < 1.29 is 29.0 Å². The second-order valence-electron chi connectivity index (χ2n) is 8.07. The summed E-state index contributed by atoms with van der Waals surface area (Å²) in [5, 5.41) is 14.1. The van der Waals surface area contributed by atoms with Gasteiger partial charge < -0.3 is 19.9 Å². The number of hydrogen-bond donors (Lipinski definition) is 2. The third kappa shape index (κ3) is 6.06. The highest BCUT2D eigenvalue weighted by atomic mass is 32.2. The molecule has 0 saturated heterocycles. The van der Waals surface area contributed by atoms with Crippen LogP contribution >= 0.6 is 23.1 Å². The fraction of sp³-hybridized carbons (Fsp3) is 0.308. The highest BCUT2D eigenvalue weighted by molar-refractivity contribution is 7.98. The molecule has 0 fully saturated rings. The number of esters is 1. The number of rotatable bonds is 11. The quantitative estimate of drug-likeness (QED) is 0.267. The summed E-state index contributed by atoms with van der Waals surface area (Å²) in [5.41, 5.74) is 5.15. The summed E-state index contributed by atoms with van der Waals surface area (Å²) in [6.07, 6.45) is -0.535. The van der Waals surface area contributed by atoms with E-state index < -0.39 is 24.1 Å². The topological polar surface area (TPSA) is 115 Å². The number of carbonyl (C=O) groups is 3. The second-order valence-corrected chi connectivity index (χ2v) is 10.0. The Morgan fingerprint density at radius 3 is 2.39 bits per heavy atom. The molecule has 4 rings (SSSR count). The van der Waals surface area contributed by atoms with Crippen LogP contribution in [-0.2, 0) is 20.0 Å². The zero-order valence-electron chi connectivity index (χ0n) is 19.6. The molecule has 10 heteroatoms. The number of carboxylic acid groups (broad SMARTS) is 1. The molecule has 1 unspecified atom stereocenters. The van der Waals surface area contributed by atoms with Gasteiger partial charge in [0.1, 0.15) is 12.6 Å². The van der Waals surface area contributed by atoms with Crippen molar-refractivity contribution >= 4 is 41.1 Å². The van der Waals surface area contributed by atoms with E-state index in [9.17, 15) is 19.5 Å². The van der Waals surface area contributed by atoms with Crippen molar-refractivity contribution in [2.24, 2.45) is 0 Å². The van der Waals surface area contributed by atoms with Gasteiger partial charge in [-0.25, -0.2) is 19.4 Å². The van der Waals surface area contributed by atoms with Crippen LogP contribution in [0.5, 0.6) is 0 Å². The minimum absolute atomic E-state index is 0.0976. The van der Waals surface area contributed by atoms with Crippen LogP contribution in [0.1, 0.15) is 45.9 Å². The van der Waals surface area contributed by atoms with E-state index in [4.69, 9.17) is 9.47 Å². The van der Waals surface area contributed by atoms with Crippen molar-refractivity contribution in [1.29, 1.82) is 0 Å². The van der Waals surface area contributed by atoms with Crippen LogP contribution in [0, 0.1) is 0 Å². The third-order valence-electron chi connectivity index (χ3n) is 5.74. The molecule has 2 aromatic carbocycles. The van der Waals surface area contributed by atoms with Crippen molar-refractivity contribution in [1.82, 2.24) is 10.3 Å². The summed E-state index contributed by atoms with van der Waals surface area (Å²) in [4.78, 5) is 40.1. The molecule has 1 aliphatic rings. The van der Waals surface area contributed by atoms with Crippen LogP contribution in [0.15, 0.2) is 53.9 Å². The molecule has 3 aromatic rings. The van der Waals surface area contributed by atoms with Crippen molar-refractivity contribution in [2.75, 3.05) is 19.0 Å². The molecule has 1 atom stereocenters. The van der Waals surface area contributed by atoms with Crippen LogP contribution < -0.4 is 5.32 Å². The molecule has 1 heterocycles. The van der Waals surface area contributed by atoms with Gasteiger partial charge in [-0.1, -0.05) is 48.5 Å². The Kier molecular flexibility index (Phi) is 8.61. The Morgan fingerprint density at radius 1 is 1.08 bits per heavy atom. The summed E-state index contributed by atoms with van der Waals surface area (Å²) in [6.45, 7) is 2.14. The lowest BCUT2D eigenvalue weighted by Crippen LogP contribution is -2.41. The molecule has 0 saturated carbocycles. The molecule has 0 radical (unpaired) electrons. The van der Waals surface area contributed by atoms with Crippen molar-refractivity contribution in [3.63, 3.8) is 0 Å². The fourth-order valence-electron chi connectivity index (χ4n) is 4.08. The molecule has 1 aliphatic carbocycles. The summed E-state index contributed by atoms with van der Waals surface area (Å²) >= 11 is 2.69. The van der Waals surface area contributed by atoms with Crippen molar-refractivity contribution in [3.05, 3.63) is 75.7 Å². The summed E-state index contributed by atoms with van der Waals surface area (Å²) in [7, 11) is 0. The maximum Gasteiger partial charge on any atom is 0.407 e. The number of thioether (sulfide) groups is 1. The summed E-state index contributed by atoms with van der Waals surface area (Å²) in [6, 6.07) is 15.0. The third-order valence-corrected chi connectivity index (χ3v) is 7.63. The Morgan fingerprint density at radius 2 is 1.75 bits per heavy atom. The summed E-state index contributed by atoms with van der Waals surface area (Å²) in [5.74, 6) is -0.668. The minimum Gasteiger partial charge on any atom is -0.480 e. The van der Waals surface area contributed by atoms with Gasteiger partial charge in [0, 0.05) is 17.1 Å². The number of carbonyl (C=O) groups excluding carboxylic acids is 2. The maximum absolute atomic E-state index is 12.5. The number of carboxylic acids is 1. The molecule has 1 aromatic heterocycles. The first kappa shape index (κ1) is 25.7. The number of nitrogens with one attached hydrogen (secondary N) is 1. The van der Waals surface area contributed by atoms with Crippen molar-refractivity contribution in [2.45, 2.75) is 31.1 Å². The Bertz CT molecular complexity index is 1200. The van der Waals surface area contributed by atoms with Crippen LogP contribution in [0.3, 0.4) is 0 Å². The van der Waals surface area contributed by atoms with Crippen LogP contribution in [0.2, 0.25) is 0 Å². The first-order valence-electron chi connectivity index (χ1n) is 11.5. The van der Waals surface area contributed by atoms with E-state index in [0.29, 0.717) is 16.5 Å². The van der Waals surface area contributed by atoms with Gasteiger partial charge in [0.15, 0.2) is 0 Å². The smallest absolute Gasteiger partial charge is 0.407 e. The largest absolute Gasteiger partial charge is 0.480 e. The molecule has 0 bridgehead atoms. The Balaban J connectivity index is 1.25. The van der Waals surface area contributed by atoms with E-state index in [2.05, 4.69) is 22.4 Å². The number of amides is 1. The van der Waals surface area contributed by atoms with E-state index in [1.54, 1.807) is 12.3 Å². The highest BCUT2D eigenvalue weighted by Gasteiger charge is 2.29. The number of thiazole rings is 1. The van der Waals surface area contributed by atoms with E-state index in [0.717, 1.165) is 27.9 Å². The van der Waals surface area contributed by atoms with Gasteiger partial charge in [0.2, 0.25) is 5.01 Å². The van der Waals surface area contributed by atoms with Gasteiger partial charge in [-0.3, -0.25) is 0 Å². The van der Waals surface area contributed by atoms with Crippen LogP contribution in [-0.4, -0.2) is 53.1 Å². The molecular formula is C26H26N2O6S2.